The number of aromatic nitrogens is 3. The van der Waals surface area contributed by atoms with Crippen LogP contribution < -0.4 is 10.6 Å². The Labute approximate surface area is 199 Å². The molecule has 2 aromatic heterocycles. The predicted octanol–water partition coefficient (Wildman–Crippen LogP) is 5.10. The standard InChI is InChI=1S/C23H20FN5O2S2/c1-14-18(16-6-4-3-5-7-16)19(21(30)31-2)20(33-14)26-23(32)27-22-25-13-29(28-22)12-15-8-10-17(24)11-9-15/h3-11,13H,12H2,1-2H3,(H2,26,27,28,32). The van der Waals surface area contributed by atoms with Crippen molar-refractivity contribution in [3.8, 4) is 11.1 Å². The van der Waals surface area contributed by atoms with E-state index in [1.807, 2.05) is 37.3 Å². The van der Waals surface area contributed by atoms with Gasteiger partial charge in [0.1, 0.15) is 22.7 Å². The summed E-state index contributed by atoms with van der Waals surface area (Å²) in [4.78, 5) is 17.8. The highest BCUT2D eigenvalue weighted by Crippen LogP contribution is 2.40. The number of rotatable bonds is 6. The number of esters is 1. The average Bonchev–Trinajstić information content (AvgIpc) is 3.38. The van der Waals surface area contributed by atoms with Gasteiger partial charge in [-0.3, -0.25) is 5.32 Å². The molecule has 0 amide bonds. The number of hydrogen-bond donors (Lipinski definition) is 2. The van der Waals surface area contributed by atoms with Gasteiger partial charge in [-0.05, 0) is 42.4 Å². The van der Waals surface area contributed by atoms with Crippen molar-refractivity contribution in [3.63, 3.8) is 0 Å². The number of carbonyl (C=O) groups excluding carboxylic acids is 1. The molecule has 0 saturated heterocycles. The number of ether oxygens (including phenoxy) is 1. The SMILES string of the molecule is COC(=O)c1c(NC(=S)Nc2ncn(Cc3ccc(F)cc3)n2)sc(C)c1-c1ccccc1. The number of nitrogens with one attached hydrogen (secondary N) is 2. The van der Waals surface area contributed by atoms with Crippen LogP contribution in [0.15, 0.2) is 60.9 Å². The zero-order valence-electron chi connectivity index (χ0n) is 17.8. The minimum atomic E-state index is -0.454. The zero-order valence-corrected chi connectivity index (χ0v) is 19.5. The molecule has 0 aliphatic carbocycles. The van der Waals surface area contributed by atoms with Crippen molar-refractivity contribution in [2.45, 2.75) is 13.5 Å². The van der Waals surface area contributed by atoms with E-state index in [1.165, 1.54) is 30.6 Å². The molecule has 0 radical (unpaired) electrons. The molecule has 2 heterocycles. The maximum Gasteiger partial charge on any atom is 0.341 e. The molecule has 4 aromatic rings. The van der Waals surface area contributed by atoms with Gasteiger partial charge in [-0.2, -0.15) is 0 Å². The fourth-order valence-corrected chi connectivity index (χ4v) is 4.65. The number of thiophene rings is 1. The Balaban J connectivity index is 1.50. The molecule has 7 nitrogen and oxygen atoms in total. The summed E-state index contributed by atoms with van der Waals surface area (Å²) >= 11 is 6.83. The second-order valence-corrected chi connectivity index (χ2v) is 8.70. The van der Waals surface area contributed by atoms with Crippen molar-refractivity contribution in [1.29, 1.82) is 0 Å². The van der Waals surface area contributed by atoms with Crippen molar-refractivity contribution in [2.24, 2.45) is 0 Å². The van der Waals surface area contributed by atoms with E-state index in [0.29, 0.717) is 23.1 Å². The van der Waals surface area contributed by atoms with Crippen molar-refractivity contribution in [1.82, 2.24) is 14.8 Å². The van der Waals surface area contributed by atoms with E-state index in [-0.39, 0.29) is 10.9 Å². The molecule has 0 spiro atoms. The lowest BCUT2D eigenvalue weighted by Gasteiger charge is -2.09. The number of aryl methyl sites for hydroxylation is 1. The molecule has 4 rings (SSSR count). The van der Waals surface area contributed by atoms with Gasteiger partial charge < -0.3 is 10.1 Å². The third kappa shape index (κ3) is 5.24. The third-order valence-electron chi connectivity index (χ3n) is 4.78. The Morgan fingerprint density at radius 2 is 1.88 bits per heavy atom. The minimum absolute atomic E-state index is 0.237. The predicted molar refractivity (Wildman–Crippen MR) is 131 cm³/mol. The highest BCUT2D eigenvalue weighted by Gasteiger charge is 2.24. The Bertz CT molecular complexity index is 1290. The molecule has 10 heteroatoms. The topological polar surface area (TPSA) is 81.1 Å². The van der Waals surface area contributed by atoms with Crippen LogP contribution in [-0.2, 0) is 11.3 Å². The lowest BCUT2D eigenvalue weighted by Crippen LogP contribution is -2.21. The lowest BCUT2D eigenvalue weighted by molar-refractivity contribution is 0.0603. The average molecular weight is 482 g/mol. The van der Waals surface area contributed by atoms with Gasteiger partial charge in [0.15, 0.2) is 5.11 Å². The van der Waals surface area contributed by atoms with Crippen LogP contribution in [0.5, 0.6) is 0 Å². The van der Waals surface area contributed by atoms with Crippen molar-refractivity contribution in [3.05, 3.63) is 82.7 Å². The minimum Gasteiger partial charge on any atom is -0.465 e. The van der Waals surface area contributed by atoms with Gasteiger partial charge in [-0.25, -0.2) is 18.9 Å². The van der Waals surface area contributed by atoms with E-state index >= 15 is 0 Å². The normalized spacial score (nSPS) is 10.6. The maximum atomic E-state index is 13.1. The van der Waals surface area contributed by atoms with Gasteiger partial charge in [0.25, 0.3) is 0 Å². The molecular weight excluding hydrogens is 461 g/mol. The summed E-state index contributed by atoms with van der Waals surface area (Å²) in [5.74, 6) is -0.447. The Hall–Kier alpha value is -3.63. The van der Waals surface area contributed by atoms with Crippen LogP contribution in [0.2, 0.25) is 0 Å². The molecular formula is C23H20FN5O2S2. The second-order valence-electron chi connectivity index (χ2n) is 7.07. The van der Waals surface area contributed by atoms with E-state index in [9.17, 15) is 9.18 Å². The van der Waals surface area contributed by atoms with E-state index in [0.717, 1.165) is 21.6 Å². The molecule has 0 atom stereocenters. The first kappa shape index (κ1) is 22.6. The second kappa shape index (κ2) is 9.88. The van der Waals surface area contributed by atoms with Crippen molar-refractivity contribution < 1.29 is 13.9 Å². The fourth-order valence-electron chi connectivity index (χ4n) is 3.32. The quantitative estimate of drug-likeness (QED) is 0.293. The van der Waals surface area contributed by atoms with Crippen LogP contribution in [0, 0.1) is 12.7 Å². The van der Waals surface area contributed by atoms with Gasteiger partial charge in [0.05, 0.1) is 13.7 Å². The monoisotopic (exact) mass is 481 g/mol. The van der Waals surface area contributed by atoms with Crippen molar-refractivity contribution in [2.75, 3.05) is 17.7 Å². The Kier molecular flexibility index (Phi) is 6.76. The van der Waals surface area contributed by atoms with Gasteiger partial charge in [0.2, 0.25) is 5.95 Å². The van der Waals surface area contributed by atoms with E-state index in [1.54, 1.807) is 23.1 Å². The highest BCUT2D eigenvalue weighted by atomic mass is 32.1. The molecule has 0 aliphatic heterocycles. The molecule has 2 N–H and O–H groups in total. The number of benzene rings is 2. The van der Waals surface area contributed by atoms with Crippen LogP contribution in [0.3, 0.4) is 0 Å². The lowest BCUT2D eigenvalue weighted by atomic mass is 10.0. The molecule has 168 valence electrons. The largest absolute Gasteiger partial charge is 0.465 e. The number of methoxy groups -OCH3 is 1. The molecule has 0 fully saturated rings. The highest BCUT2D eigenvalue weighted by molar-refractivity contribution is 7.80. The zero-order chi connectivity index (χ0) is 23.4. The summed E-state index contributed by atoms with van der Waals surface area (Å²) in [5.41, 5.74) is 3.03. The van der Waals surface area contributed by atoms with E-state index < -0.39 is 5.97 Å². The van der Waals surface area contributed by atoms with Crippen LogP contribution in [0.1, 0.15) is 20.8 Å². The van der Waals surface area contributed by atoms with E-state index in [2.05, 4.69) is 20.7 Å². The first-order valence-electron chi connectivity index (χ1n) is 9.93. The summed E-state index contributed by atoms with van der Waals surface area (Å²) in [7, 11) is 1.35. The van der Waals surface area contributed by atoms with Crippen LogP contribution in [-0.4, -0.2) is 33.0 Å². The first-order chi connectivity index (χ1) is 15.9. The van der Waals surface area contributed by atoms with Gasteiger partial charge in [-0.1, -0.05) is 42.5 Å². The number of anilines is 2. The molecule has 0 saturated carbocycles. The number of thiocarbonyl (C=S) groups is 1. The summed E-state index contributed by atoms with van der Waals surface area (Å²) in [5, 5.41) is 11.2. The van der Waals surface area contributed by atoms with Crippen molar-refractivity contribution >= 4 is 45.6 Å². The van der Waals surface area contributed by atoms with Gasteiger partial charge in [-0.15, -0.1) is 16.4 Å². The van der Waals surface area contributed by atoms with E-state index in [4.69, 9.17) is 17.0 Å². The number of halogens is 1. The number of hydrogen-bond acceptors (Lipinski definition) is 6. The maximum absolute atomic E-state index is 13.1. The molecule has 0 unspecified atom stereocenters. The summed E-state index contributed by atoms with van der Waals surface area (Å²) in [6, 6.07) is 15.8. The first-order valence-corrected chi connectivity index (χ1v) is 11.2. The van der Waals surface area contributed by atoms with Crippen LogP contribution >= 0.6 is 23.6 Å². The molecule has 2 aromatic carbocycles. The summed E-state index contributed by atoms with van der Waals surface area (Å²) < 4.78 is 19.7. The molecule has 0 bridgehead atoms. The number of nitrogens with zero attached hydrogens (tertiary/aromatic N) is 3. The summed E-state index contributed by atoms with van der Waals surface area (Å²) in [6.07, 6.45) is 1.55. The Morgan fingerprint density at radius 3 is 2.58 bits per heavy atom. The van der Waals surface area contributed by atoms with Gasteiger partial charge >= 0.3 is 5.97 Å². The Morgan fingerprint density at radius 1 is 1.15 bits per heavy atom. The number of carbonyl (C=O) groups is 1. The smallest absolute Gasteiger partial charge is 0.341 e. The third-order valence-corrected chi connectivity index (χ3v) is 6.01. The molecule has 0 aliphatic rings. The summed E-state index contributed by atoms with van der Waals surface area (Å²) in [6.45, 7) is 2.38. The van der Waals surface area contributed by atoms with Crippen LogP contribution in [0.25, 0.3) is 11.1 Å². The molecule has 33 heavy (non-hydrogen) atoms. The van der Waals surface area contributed by atoms with Gasteiger partial charge in [0, 0.05) is 10.4 Å². The van der Waals surface area contributed by atoms with Crippen LogP contribution in [0.4, 0.5) is 15.3 Å². The fraction of sp³-hybridized carbons (Fsp3) is 0.130.